The second-order valence-electron chi connectivity index (χ2n) is 14.6. The largest absolute Gasteiger partial charge is 0.228 e. The van der Waals surface area contributed by atoms with Gasteiger partial charge in [0.1, 0.15) is 0 Å². The first-order chi connectivity index (χ1) is 27.7. The first-order valence-electron chi connectivity index (χ1n) is 19.1. The molecule has 0 amide bonds. The van der Waals surface area contributed by atoms with E-state index in [1.807, 2.05) is 36.4 Å². The van der Waals surface area contributed by atoms with Crippen LogP contribution < -0.4 is 0 Å². The first-order valence-corrected chi connectivity index (χ1v) is 19.1. The Morgan fingerprint density at radius 2 is 0.768 bits per heavy atom. The Labute approximate surface area is 326 Å². The Bertz CT molecular complexity index is 3030. The van der Waals surface area contributed by atoms with E-state index < -0.39 is 0 Å². The minimum absolute atomic E-state index is 0.718. The second kappa shape index (κ2) is 13.2. The zero-order valence-corrected chi connectivity index (χ0v) is 30.5. The lowest BCUT2D eigenvalue weighted by atomic mass is 9.91. The molecule has 1 heterocycles. The summed E-state index contributed by atoms with van der Waals surface area (Å²) in [6.07, 6.45) is 0. The van der Waals surface area contributed by atoms with Gasteiger partial charge >= 0.3 is 0 Å². The van der Waals surface area contributed by atoms with Crippen molar-refractivity contribution in [2.45, 2.75) is 0 Å². The van der Waals surface area contributed by atoms with E-state index in [9.17, 15) is 0 Å². The van der Waals surface area contributed by atoms with E-state index in [2.05, 4.69) is 170 Å². The van der Waals surface area contributed by atoms with Gasteiger partial charge in [-0.05, 0) is 101 Å². The molecule has 0 bridgehead atoms. The summed E-state index contributed by atoms with van der Waals surface area (Å²) in [5, 5.41) is 5.12. The maximum Gasteiger partial charge on any atom is 0.160 e. The predicted octanol–water partition coefficient (Wildman–Crippen LogP) is 14.4. The van der Waals surface area contributed by atoms with Crippen LogP contribution in [0, 0.1) is 0 Å². The van der Waals surface area contributed by atoms with Gasteiger partial charge in [-0.25, -0.2) is 9.97 Å². The summed E-state index contributed by atoms with van der Waals surface area (Å²) in [4.78, 5) is 10.0. The van der Waals surface area contributed by atoms with E-state index in [0.29, 0.717) is 0 Å². The van der Waals surface area contributed by atoms with E-state index in [-0.39, 0.29) is 0 Å². The van der Waals surface area contributed by atoms with Crippen LogP contribution in [0.4, 0.5) is 0 Å². The molecular formula is C54H34N2. The molecule has 56 heavy (non-hydrogen) atoms. The lowest BCUT2D eigenvalue weighted by Crippen LogP contribution is -1.95. The van der Waals surface area contributed by atoms with Crippen LogP contribution in [0.1, 0.15) is 0 Å². The summed E-state index contributed by atoms with van der Waals surface area (Å²) in [6.45, 7) is 0. The fourth-order valence-electron chi connectivity index (χ4n) is 8.43. The zero-order chi connectivity index (χ0) is 37.0. The van der Waals surface area contributed by atoms with Gasteiger partial charge in [0.2, 0.25) is 0 Å². The smallest absolute Gasteiger partial charge is 0.160 e. The zero-order valence-electron chi connectivity index (χ0n) is 30.5. The van der Waals surface area contributed by atoms with Crippen molar-refractivity contribution < 1.29 is 0 Å². The maximum absolute atomic E-state index is 5.05. The van der Waals surface area contributed by atoms with Crippen LogP contribution in [-0.2, 0) is 0 Å². The topological polar surface area (TPSA) is 25.8 Å². The molecule has 260 valence electrons. The number of hydrogen-bond acceptors (Lipinski definition) is 2. The van der Waals surface area contributed by atoms with Crippen molar-refractivity contribution in [3.05, 3.63) is 206 Å². The van der Waals surface area contributed by atoms with Gasteiger partial charge in [-0.1, -0.05) is 182 Å². The Morgan fingerprint density at radius 1 is 0.250 bits per heavy atom. The molecule has 0 spiro atoms. The molecule has 0 saturated carbocycles. The third-order valence-corrected chi connectivity index (χ3v) is 11.2. The van der Waals surface area contributed by atoms with Crippen LogP contribution in [0.15, 0.2) is 206 Å². The highest BCUT2D eigenvalue weighted by atomic mass is 14.9. The standard InChI is InChI=1S/C54H34N2/c1-3-11-38(12-4-1)51-34-52(56-54(55-51)41-13-5-2-6-14-41)39-27-23-36(24-28-39)44-31-43-15-7-8-18-45(43)49(33-44)37-25-21-35(22-26-37)42-29-30-46-47-19-9-16-40-17-10-20-48(53(40)47)50(46)32-42/h1-34H. The number of nitrogens with zero attached hydrogens (tertiary/aromatic N) is 2. The molecule has 1 aromatic heterocycles. The van der Waals surface area contributed by atoms with Crippen molar-refractivity contribution in [2.24, 2.45) is 0 Å². The monoisotopic (exact) mass is 710 g/mol. The average Bonchev–Trinajstić information content (AvgIpc) is 3.60. The molecule has 0 atom stereocenters. The lowest BCUT2D eigenvalue weighted by Gasteiger charge is -2.13. The van der Waals surface area contributed by atoms with Gasteiger partial charge in [0, 0.05) is 16.7 Å². The van der Waals surface area contributed by atoms with Crippen LogP contribution in [0.25, 0.3) is 111 Å². The van der Waals surface area contributed by atoms with Crippen molar-refractivity contribution in [1.29, 1.82) is 0 Å². The Kier molecular flexibility index (Phi) is 7.53. The molecule has 11 rings (SSSR count). The van der Waals surface area contributed by atoms with Gasteiger partial charge in [-0.3, -0.25) is 0 Å². The molecule has 0 N–H and O–H groups in total. The van der Waals surface area contributed by atoms with Gasteiger partial charge in [-0.2, -0.15) is 0 Å². The Hall–Kier alpha value is -7.42. The SMILES string of the molecule is c1ccc(-c2cc(-c3ccc(-c4cc(-c5ccc(-c6ccc7c(c6)-c6cccc8cccc-7c68)cc5)c5ccccc5c4)cc3)nc(-c3ccccc3)n2)cc1. The number of rotatable bonds is 6. The number of hydrogen-bond donors (Lipinski definition) is 0. The van der Waals surface area contributed by atoms with Crippen LogP contribution in [0.2, 0.25) is 0 Å². The van der Waals surface area contributed by atoms with Gasteiger partial charge in [-0.15, -0.1) is 0 Å². The van der Waals surface area contributed by atoms with Crippen molar-refractivity contribution >= 4 is 21.5 Å². The van der Waals surface area contributed by atoms with E-state index >= 15 is 0 Å². The first kappa shape index (κ1) is 32.0. The third-order valence-electron chi connectivity index (χ3n) is 11.2. The maximum atomic E-state index is 5.05. The quantitative estimate of drug-likeness (QED) is 0.172. The van der Waals surface area contributed by atoms with Crippen LogP contribution in [0.5, 0.6) is 0 Å². The molecule has 0 unspecified atom stereocenters. The predicted molar refractivity (Wildman–Crippen MR) is 234 cm³/mol. The molecule has 9 aromatic carbocycles. The van der Waals surface area contributed by atoms with Crippen molar-refractivity contribution in [2.75, 3.05) is 0 Å². The molecule has 1 aliphatic carbocycles. The van der Waals surface area contributed by atoms with Gasteiger partial charge < -0.3 is 0 Å². The van der Waals surface area contributed by atoms with E-state index in [1.54, 1.807) is 0 Å². The Balaban J connectivity index is 0.939. The fraction of sp³-hybridized carbons (Fsp3) is 0. The summed E-state index contributed by atoms with van der Waals surface area (Å²) in [5.74, 6) is 0.718. The van der Waals surface area contributed by atoms with Crippen molar-refractivity contribution in [1.82, 2.24) is 9.97 Å². The fourth-order valence-corrected chi connectivity index (χ4v) is 8.43. The molecular weight excluding hydrogens is 677 g/mol. The summed E-state index contributed by atoms with van der Waals surface area (Å²) in [6, 6.07) is 74.1. The highest BCUT2D eigenvalue weighted by Gasteiger charge is 2.21. The molecule has 10 aromatic rings. The summed E-state index contributed by atoms with van der Waals surface area (Å²) in [7, 11) is 0. The van der Waals surface area contributed by atoms with Gasteiger partial charge in [0.05, 0.1) is 11.4 Å². The van der Waals surface area contributed by atoms with E-state index in [4.69, 9.17) is 9.97 Å². The number of fused-ring (bicyclic) bond motifs is 4. The molecule has 0 radical (unpaired) electrons. The van der Waals surface area contributed by atoms with Crippen LogP contribution in [0.3, 0.4) is 0 Å². The van der Waals surface area contributed by atoms with Gasteiger partial charge in [0.15, 0.2) is 5.82 Å². The number of benzene rings is 9. The average molecular weight is 711 g/mol. The highest BCUT2D eigenvalue weighted by molar-refractivity contribution is 6.15. The summed E-state index contributed by atoms with van der Waals surface area (Å²) < 4.78 is 0. The molecule has 0 fully saturated rings. The molecule has 0 saturated heterocycles. The molecule has 1 aliphatic rings. The van der Waals surface area contributed by atoms with Crippen molar-refractivity contribution in [3.63, 3.8) is 0 Å². The van der Waals surface area contributed by atoms with Crippen LogP contribution >= 0.6 is 0 Å². The molecule has 2 nitrogen and oxygen atoms in total. The highest BCUT2D eigenvalue weighted by Crippen LogP contribution is 2.48. The lowest BCUT2D eigenvalue weighted by molar-refractivity contribution is 1.18. The van der Waals surface area contributed by atoms with Crippen LogP contribution in [-0.4, -0.2) is 9.97 Å². The minimum atomic E-state index is 0.718. The summed E-state index contributed by atoms with van der Waals surface area (Å²) in [5.41, 5.74) is 17.4. The Morgan fingerprint density at radius 3 is 1.48 bits per heavy atom. The van der Waals surface area contributed by atoms with E-state index in [1.165, 1.54) is 71.6 Å². The van der Waals surface area contributed by atoms with E-state index in [0.717, 1.165) is 39.5 Å². The second-order valence-corrected chi connectivity index (χ2v) is 14.6. The molecule has 2 heteroatoms. The molecule has 0 aliphatic heterocycles. The normalized spacial score (nSPS) is 11.6. The minimum Gasteiger partial charge on any atom is -0.228 e. The number of aromatic nitrogens is 2. The van der Waals surface area contributed by atoms with Gasteiger partial charge in [0.25, 0.3) is 0 Å². The summed E-state index contributed by atoms with van der Waals surface area (Å²) >= 11 is 0. The van der Waals surface area contributed by atoms with Crippen molar-refractivity contribution in [3.8, 4) is 89.5 Å². The third kappa shape index (κ3) is 5.51.